The Labute approximate surface area is 160 Å². The number of ether oxygens (including phenoxy) is 1. The molecular formula is C19H22N4O5. The van der Waals surface area contributed by atoms with E-state index in [9.17, 15) is 19.5 Å². The molecule has 0 radical (unpaired) electrons. The van der Waals surface area contributed by atoms with Gasteiger partial charge in [0.05, 0.1) is 18.4 Å². The maximum Gasteiger partial charge on any atom is 0.330 e. The number of aromatic hydroxyl groups is 1. The highest BCUT2D eigenvalue weighted by molar-refractivity contribution is 6.04. The largest absolute Gasteiger partial charge is 0.494 e. The van der Waals surface area contributed by atoms with Gasteiger partial charge in [-0.15, -0.1) is 0 Å². The molecule has 1 aliphatic rings. The zero-order chi connectivity index (χ0) is 20.4. The van der Waals surface area contributed by atoms with E-state index in [0.717, 1.165) is 10.1 Å². The molecule has 9 heteroatoms. The second-order valence-corrected chi connectivity index (χ2v) is 6.38. The van der Waals surface area contributed by atoms with Gasteiger partial charge in [0.15, 0.2) is 0 Å². The smallest absolute Gasteiger partial charge is 0.330 e. The molecule has 148 valence electrons. The van der Waals surface area contributed by atoms with E-state index < -0.39 is 23.2 Å². The molecule has 1 aromatic heterocycles. The summed E-state index contributed by atoms with van der Waals surface area (Å²) in [5.74, 6) is 0.0178. The highest BCUT2D eigenvalue weighted by atomic mass is 16.5. The molecule has 3 rings (SSSR count). The first-order valence-electron chi connectivity index (χ1n) is 9.02. The predicted octanol–water partition coefficient (Wildman–Crippen LogP) is 1.27. The molecule has 0 fully saturated rings. The Hall–Kier alpha value is -3.36. The molecule has 28 heavy (non-hydrogen) atoms. The Balaban J connectivity index is 2.03. The minimum Gasteiger partial charge on any atom is -0.494 e. The van der Waals surface area contributed by atoms with E-state index in [1.807, 2.05) is 31.2 Å². The number of hydrogen-bond acceptors (Lipinski definition) is 6. The lowest BCUT2D eigenvalue weighted by molar-refractivity contribution is -0.132. The number of carbonyl (C=O) groups excluding carboxylic acids is 1. The Kier molecular flexibility index (Phi) is 5.34. The third kappa shape index (κ3) is 3.42. The summed E-state index contributed by atoms with van der Waals surface area (Å²) in [5, 5.41) is 15.9. The van der Waals surface area contributed by atoms with E-state index in [-0.39, 0.29) is 30.0 Å². The van der Waals surface area contributed by atoms with Crippen molar-refractivity contribution in [2.45, 2.75) is 32.7 Å². The highest BCUT2D eigenvalue weighted by Crippen LogP contribution is 2.34. The first kappa shape index (κ1) is 19.4. The van der Waals surface area contributed by atoms with Crippen molar-refractivity contribution >= 4 is 11.6 Å². The lowest BCUT2D eigenvalue weighted by atomic mass is 9.99. The summed E-state index contributed by atoms with van der Waals surface area (Å²) in [5.41, 5.74) is -0.505. The normalized spacial score (nSPS) is 16.2. The standard InChI is InChI=1S/C19H22N4O5/c1-4-15(24)23-14(11-6-8-12(9-7-11)28-5-2)10-13(21-23)16-17(25)20-19(27)22(3)18(16)26/h6-9,14,26H,4-5,10H2,1-3H3,(H,20,25,27)/t14-/m1/s1. The van der Waals surface area contributed by atoms with Crippen molar-refractivity contribution in [1.29, 1.82) is 0 Å². The molecule has 0 bridgehead atoms. The summed E-state index contributed by atoms with van der Waals surface area (Å²) in [4.78, 5) is 38.5. The Bertz CT molecular complexity index is 1040. The number of benzene rings is 1. The van der Waals surface area contributed by atoms with Crippen LogP contribution in [0.1, 0.15) is 43.9 Å². The van der Waals surface area contributed by atoms with Crippen molar-refractivity contribution in [2.24, 2.45) is 12.1 Å². The van der Waals surface area contributed by atoms with Crippen molar-refractivity contribution in [2.75, 3.05) is 6.61 Å². The minimum atomic E-state index is -0.740. The molecule has 1 aliphatic heterocycles. The summed E-state index contributed by atoms with van der Waals surface area (Å²) in [6, 6.07) is 6.88. The van der Waals surface area contributed by atoms with E-state index in [2.05, 4.69) is 10.1 Å². The number of nitrogens with zero attached hydrogens (tertiary/aromatic N) is 3. The van der Waals surface area contributed by atoms with Crippen LogP contribution in [-0.4, -0.2) is 37.9 Å². The number of nitrogens with one attached hydrogen (secondary N) is 1. The van der Waals surface area contributed by atoms with E-state index in [0.29, 0.717) is 12.4 Å². The van der Waals surface area contributed by atoms with E-state index >= 15 is 0 Å². The zero-order valence-electron chi connectivity index (χ0n) is 15.9. The highest BCUT2D eigenvalue weighted by Gasteiger charge is 2.34. The molecule has 1 atom stereocenters. The SMILES string of the molecule is CCOc1ccc([C@H]2CC(c3c(O)n(C)c(=O)[nH]c3=O)=NN2C(=O)CC)cc1. The number of hydrogen-bond donors (Lipinski definition) is 2. The quantitative estimate of drug-likeness (QED) is 0.802. The van der Waals surface area contributed by atoms with Gasteiger partial charge in [-0.25, -0.2) is 9.80 Å². The van der Waals surface area contributed by atoms with Gasteiger partial charge in [-0.1, -0.05) is 19.1 Å². The molecule has 0 spiro atoms. The fraction of sp³-hybridized carbons (Fsp3) is 0.368. The van der Waals surface area contributed by atoms with Gasteiger partial charge in [-0.2, -0.15) is 5.10 Å². The van der Waals surface area contributed by atoms with Crippen LogP contribution in [0.3, 0.4) is 0 Å². The monoisotopic (exact) mass is 386 g/mol. The lowest BCUT2D eigenvalue weighted by Gasteiger charge is -2.21. The molecule has 1 amide bonds. The van der Waals surface area contributed by atoms with Crippen molar-refractivity contribution in [3.63, 3.8) is 0 Å². The third-order valence-electron chi connectivity index (χ3n) is 4.63. The molecule has 1 aromatic carbocycles. The van der Waals surface area contributed by atoms with E-state index in [1.165, 1.54) is 12.1 Å². The van der Waals surface area contributed by atoms with Crippen LogP contribution in [0.15, 0.2) is 39.0 Å². The molecule has 0 aliphatic carbocycles. The molecule has 2 N–H and O–H groups in total. The molecule has 2 aromatic rings. The second kappa shape index (κ2) is 7.71. The van der Waals surface area contributed by atoms with Gasteiger partial charge in [0, 0.05) is 19.9 Å². The minimum absolute atomic E-state index is 0.107. The van der Waals surface area contributed by atoms with E-state index in [1.54, 1.807) is 6.92 Å². The number of aromatic amines is 1. The fourth-order valence-electron chi connectivity index (χ4n) is 3.13. The van der Waals surface area contributed by atoms with Gasteiger partial charge < -0.3 is 9.84 Å². The van der Waals surface area contributed by atoms with Crippen molar-refractivity contribution in [1.82, 2.24) is 14.6 Å². The number of hydrazone groups is 1. The first-order chi connectivity index (χ1) is 13.4. The van der Waals surface area contributed by atoms with Gasteiger partial charge in [0.1, 0.15) is 11.3 Å². The molecular weight excluding hydrogens is 364 g/mol. The van der Waals surface area contributed by atoms with Gasteiger partial charge in [0.25, 0.3) is 5.56 Å². The van der Waals surface area contributed by atoms with Crippen molar-refractivity contribution in [3.05, 3.63) is 56.2 Å². The number of aromatic nitrogens is 2. The summed E-state index contributed by atoms with van der Waals surface area (Å²) < 4.78 is 6.37. The molecule has 0 saturated heterocycles. The van der Waals surface area contributed by atoms with Gasteiger partial charge in [-0.05, 0) is 24.6 Å². The van der Waals surface area contributed by atoms with Crippen LogP contribution in [0.5, 0.6) is 11.6 Å². The Morgan fingerprint density at radius 2 is 1.96 bits per heavy atom. The predicted molar refractivity (Wildman–Crippen MR) is 103 cm³/mol. The Morgan fingerprint density at radius 1 is 1.29 bits per heavy atom. The maximum absolute atomic E-state index is 12.4. The van der Waals surface area contributed by atoms with Crippen LogP contribution in [0.4, 0.5) is 0 Å². The van der Waals surface area contributed by atoms with Crippen LogP contribution in [0.2, 0.25) is 0 Å². The topological polar surface area (TPSA) is 117 Å². The molecule has 0 unspecified atom stereocenters. The molecule has 9 nitrogen and oxygen atoms in total. The van der Waals surface area contributed by atoms with Crippen LogP contribution in [0, 0.1) is 0 Å². The summed E-state index contributed by atoms with van der Waals surface area (Å²) >= 11 is 0. The Morgan fingerprint density at radius 3 is 2.57 bits per heavy atom. The summed E-state index contributed by atoms with van der Waals surface area (Å²) in [7, 11) is 1.34. The molecule has 0 saturated carbocycles. The summed E-state index contributed by atoms with van der Waals surface area (Å²) in [6.07, 6.45) is 0.467. The summed E-state index contributed by atoms with van der Waals surface area (Å²) in [6.45, 7) is 4.16. The van der Waals surface area contributed by atoms with Crippen LogP contribution in [0.25, 0.3) is 0 Å². The van der Waals surface area contributed by atoms with Crippen LogP contribution < -0.4 is 16.0 Å². The third-order valence-corrected chi connectivity index (χ3v) is 4.63. The number of amides is 1. The first-order valence-corrected chi connectivity index (χ1v) is 9.02. The fourth-order valence-corrected chi connectivity index (χ4v) is 3.13. The van der Waals surface area contributed by atoms with Crippen molar-refractivity contribution in [3.8, 4) is 11.6 Å². The van der Waals surface area contributed by atoms with Crippen molar-refractivity contribution < 1.29 is 14.6 Å². The number of H-pyrrole nitrogens is 1. The second-order valence-electron chi connectivity index (χ2n) is 6.38. The average Bonchev–Trinajstić information content (AvgIpc) is 3.11. The van der Waals surface area contributed by atoms with E-state index in [4.69, 9.17) is 4.74 Å². The van der Waals surface area contributed by atoms with Gasteiger partial charge in [0.2, 0.25) is 11.8 Å². The van der Waals surface area contributed by atoms with Crippen LogP contribution in [-0.2, 0) is 11.8 Å². The van der Waals surface area contributed by atoms with Gasteiger partial charge >= 0.3 is 5.69 Å². The molecule has 2 heterocycles. The number of rotatable bonds is 5. The van der Waals surface area contributed by atoms with Crippen LogP contribution >= 0.6 is 0 Å². The lowest BCUT2D eigenvalue weighted by Crippen LogP contribution is -2.32. The number of carbonyl (C=O) groups is 1. The maximum atomic E-state index is 12.4. The average molecular weight is 386 g/mol. The van der Waals surface area contributed by atoms with Gasteiger partial charge in [-0.3, -0.25) is 19.1 Å². The zero-order valence-corrected chi connectivity index (χ0v) is 15.9.